The average molecular weight is 423 g/mol. The number of hydrogen-bond acceptors (Lipinski definition) is 4. The smallest absolute Gasteiger partial charge is 0.216 e. The van der Waals surface area contributed by atoms with Crippen molar-refractivity contribution < 1.29 is 4.74 Å². The van der Waals surface area contributed by atoms with E-state index in [1.807, 2.05) is 18.2 Å². The number of unbranched alkanes of at least 4 members (excludes halogenated alkanes) is 6. The van der Waals surface area contributed by atoms with E-state index in [0.717, 1.165) is 36.4 Å². The lowest BCUT2D eigenvalue weighted by Gasteiger charge is -2.08. The number of ether oxygens (including phenoxy) is 1. The minimum Gasteiger partial charge on any atom is -0.492 e. The van der Waals surface area contributed by atoms with Gasteiger partial charge in [0.1, 0.15) is 5.75 Å². The van der Waals surface area contributed by atoms with Gasteiger partial charge in [-0.25, -0.2) is 0 Å². The van der Waals surface area contributed by atoms with E-state index in [0.29, 0.717) is 16.4 Å². The lowest BCUT2D eigenvalue weighted by Crippen LogP contribution is -2.00. The Kier molecular flexibility index (Phi) is 10.3. The van der Waals surface area contributed by atoms with Gasteiger partial charge in [-0.2, -0.15) is 14.9 Å². The van der Waals surface area contributed by atoms with Crippen LogP contribution >= 0.6 is 23.8 Å². The summed E-state index contributed by atoms with van der Waals surface area (Å²) in [4.78, 5) is 0. The van der Waals surface area contributed by atoms with Crippen LogP contribution in [0.15, 0.2) is 23.3 Å². The van der Waals surface area contributed by atoms with Crippen molar-refractivity contribution >= 4 is 30.0 Å². The van der Waals surface area contributed by atoms with Crippen molar-refractivity contribution in [2.24, 2.45) is 5.10 Å². The van der Waals surface area contributed by atoms with Gasteiger partial charge in [0, 0.05) is 6.42 Å². The molecule has 0 bridgehead atoms. The molecule has 0 spiro atoms. The zero-order chi connectivity index (χ0) is 20.2. The number of hydrogen-bond donors (Lipinski definition) is 1. The van der Waals surface area contributed by atoms with Crippen LogP contribution in [0.4, 0.5) is 0 Å². The molecule has 0 saturated heterocycles. The van der Waals surface area contributed by atoms with Crippen LogP contribution in [-0.4, -0.2) is 27.7 Å². The predicted molar refractivity (Wildman–Crippen MR) is 119 cm³/mol. The van der Waals surface area contributed by atoms with Gasteiger partial charge in [-0.15, -0.1) is 0 Å². The highest BCUT2D eigenvalue weighted by Crippen LogP contribution is 2.25. The Morgan fingerprint density at radius 3 is 2.61 bits per heavy atom. The fourth-order valence-electron chi connectivity index (χ4n) is 2.91. The first-order valence-electron chi connectivity index (χ1n) is 10.3. The van der Waals surface area contributed by atoms with Crippen molar-refractivity contribution in [1.29, 1.82) is 0 Å². The van der Waals surface area contributed by atoms with Crippen molar-refractivity contribution in [3.05, 3.63) is 39.4 Å². The Bertz CT molecular complexity index is 800. The van der Waals surface area contributed by atoms with Crippen LogP contribution < -0.4 is 4.74 Å². The Labute approximate surface area is 178 Å². The van der Waals surface area contributed by atoms with Gasteiger partial charge in [-0.1, -0.05) is 64.0 Å². The number of benzene rings is 1. The first-order valence-corrected chi connectivity index (χ1v) is 11.1. The summed E-state index contributed by atoms with van der Waals surface area (Å²) in [5.41, 5.74) is 0.888. The second-order valence-corrected chi connectivity index (χ2v) is 7.70. The van der Waals surface area contributed by atoms with Crippen LogP contribution in [-0.2, 0) is 6.42 Å². The summed E-state index contributed by atoms with van der Waals surface area (Å²) in [5, 5.41) is 12.0. The fourth-order valence-corrected chi connectivity index (χ4v) is 3.35. The van der Waals surface area contributed by atoms with E-state index in [-0.39, 0.29) is 0 Å². The maximum absolute atomic E-state index is 6.37. The molecular weight excluding hydrogens is 392 g/mol. The second kappa shape index (κ2) is 12.7. The number of H-pyrrole nitrogens is 1. The molecule has 2 aromatic rings. The molecule has 1 N–H and O–H groups in total. The van der Waals surface area contributed by atoms with Crippen molar-refractivity contribution in [2.75, 3.05) is 6.61 Å². The number of nitrogens with one attached hydrogen (secondary N) is 1. The molecule has 0 aliphatic heterocycles. The van der Waals surface area contributed by atoms with Crippen LogP contribution in [0, 0.1) is 4.77 Å². The van der Waals surface area contributed by atoms with E-state index < -0.39 is 0 Å². The Balaban J connectivity index is 1.83. The van der Waals surface area contributed by atoms with Crippen LogP contribution in [0.1, 0.15) is 76.6 Å². The summed E-state index contributed by atoms with van der Waals surface area (Å²) in [6.45, 7) is 5.04. The molecule has 0 atom stereocenters. The topological polar surface area (TPSA) is 55.2 Å². The van der Waals surface area contributed by atoms with E-state index in [1.165, 1.54) is 38.5 Å². The van der Waals surface area contributed by atoms with Crippen molar-refractivity contribution in [1.82, 2.24) is 14.9 Å². The average Bonchev–Trinajstić information content (AvgIpc) is 3.03. The molecule has 2 rings (SSSR count). The molecule has 7 heteroatoms. The normalized spacial score (nSPS) is 11.4. The minimum absolute atomic E-state index is 0.487. The molecule has 28 heavy (non-hydrogen) atoms. The number of aromatic nitrogens is 3. The summed E-state index contributed by atoms with van der Waals surface area (Å²) in [6, 6.07) is 5.69. The highest BCUT2D eigenvalue weighted by atomic mass is 35.5. The number of rotatable bonds is 13. The Hall–Kier alpha value is -1.66. The number of aryl methyl sites for hydroxylation is 1. The first-order chi connectivity index (χ1) is 13.7. The summed E-state index contributed by atoms with van der Waals surface area (Å²) >= 11 is 11.6. The van der Waals surface area contributed by atoms with E-state index in [1.54, 1.807) is 10.9 Å². The van der Waals surface area contributed by atoms with Gasteiger partial charge < -0.3 is 4.74 Å². The lowest BCUT2D eigenvalue weighted by atomic mass is 10.1. The summed E-state index contributed by atoms with van der Waals surface area (Å²) in [6.07, 6.45) is 12.4. The highest BCUT2D eigenvalue weighted by Gasteiger charge is 2.05. The molecule has 1 heterocycles. The van der Waals surface area contributed by atoms with Crippen LogP contribution in [0.5, 0.6) is 5.75 Å². The fraction of sp³-hybridized carbons (Fsp3) is 0.571. The maximum atomic E-state index is 6.37. The Morgan fingerprint density at radius 1 is 1.14 bits per heavy atom. The van der Waals surface area contributed by atoms with Crippen LogP contribution in [0.2, 0.25) is 5.02 Å². The van der Waals surface area contributed by atoms with Gasteiger partial charge in [0.2, 0.25) is 4.77 Å². The maximum Gasteiger partial charge on any atom is 0.216 e. The molecule has 0 amide bonds. The molecule has 0 aliphatic carbocycles. The van der Waals surface area contributed by atoms with Gasteiger partial charge in [0.15, 0.2) is 5.82 Å². The van der Waals surface area contributed by atoms with Gasteiger partial charge in [-0.3, -0.25) is 5.10 Å². The molecular formula is C21H31ClN4OS. The van der Waals surface area contributed by atoms with Gasteiger partial charge in [-0.05, 0) is 48.8 Å². The van der Waals surface area contributed by atoms with E-state index in [2.05, 4.69) is 29.1 Å². The molecule has 5 nitrogen and oxygen atoms in total. The van der Waals surface area contributed by atoms with Gasteiger partial charge in [0.05, 0.1) is 17.8 Å². The highest BCUT2D eigenvalue weighted by molar-refractivity contribution is 7.71. The minimum atomic E-state index is 0.487. The largest absolute Gasteiger partial charge is 0.492 e. The van der Waals surface area contributed by atoms with E-state index >= 15 is 0 Å². The SMILES string of the molecule is CCCCCCCCCOc1ccc(/C=N\n2c(CCC)n[nH]c2=S)cc1Cl. The number of nitrogens with zero attached hydrogens (tertiary/aromatic N) is 3. The molecule has 0 radical (unpaired) electrons. The standard InChI is InChI=1S/C21H31ClN4OS/c1-3-5-6-7-8-9-10-14-27-19-13-12-17(15-18(19)22)16-23-26-20(11-4-2)24-25-21(26)28/h12-13,15-16H,3-11,14H2,1-2H3,(H,25,28)/b23-16-. The third-order valence-electron chi connectivity index (χ3n) is 4.47. The predicted octanol–water partition coefficient (Wildman–Crippen LogP) is 6.56. The van der Waals surface area contributed by atoms with Crippen molar-refractivity contribution in [3.8, 4) is 5.75 Å². The monoisotopic (exact) mass is 422 g/mol. The summed E-state index contributed by atoms with van der Waals surface area (Å²) < 4.78 is 7.96. The van der Waals surface area contributed by atoms with Crippen LogP contribution in [0.3, 0.4) is 0 Å². The number of halogens is 1. The molecule has 0 fully saturated rings. The molecule has 1 aromatic carbocycles. The third kappa shape index (κ3) is 7.40. The van der Waals surface area contributed by atoms with Crippen molar-refractivity contribution in [3.63, 3.8) is 0 Å². The molecule has 1 aromatic heterocycles. The third-order valence-corrected chi connectivity index (χ3v) is 5.03. The zero-order valence-electron chi connectivity index (χ0n) is 16.9. The second-order valence-electron chi connectivity index (χ2n) is 6.91. The molecule has 0 aliphatic rings. The van der Waals surface area contributed by atoms with E-state index in [4.69, 9.17) is 28.6 Å². The summed E-state index contributed by atoms with van der Waals surface area (Å²) in [7, 11) is 0. The first kappa shape index (κ1) is 22.6. The van der Waals surface area contributed by atoms with Gasteiger partial charge >= 0.3 is 0 Å². The molecule has 0 unspecified atom stereocenters. The number of aromatic amines is 1. The van der Waals surface area contributed by atoms with E-state index in [9.17, 15) is 0 Å². The Morgan fingerprint density at radius 2 is 1.89 bits per heavy atom. The lowest BCUT2D eigenvalue weighted by molar-refractivity contribution is 0.304. The molecule has 154 valence electrons. The molecule has 0 saturated carbocycles. The zero-order valence-corrected chi connectivity index (χ0v) is 18.5. The van der Waals surface area contributed by atoms with Crippen LogP contribution in [0.25, 0.3) is 0 Å². The summed E-state index contributed by atoms with van der Waals surface area (Å²) in [5.74, 6) is 1.54. The van der Waals surface area contributed by atoms with Crippen molar-refractivity contribution in [2.45, 2.75) is 71.6 Å². The quantitative estimate of drug-likeness (QED) is 0.226. The van der Waals surface area contributed by atoms with Gasteiger partial charge in [0.25, 0.3) is 0 Å².